The molecule has 0 bridgehead atoms. The highest BCUT2D eigenvalue weighted by atomic mass is 16.5. The van der Waals surface area contributed by atoms with E-state index in [1.54, 1.807) is 0 Å². The van der Waals surface area contributed by atoms with E-state index in [0.717, 1.165) is 45.8 Å². The number of ether oxygens (including phenoxy) is 1. The van der Waals surface area contributed by atoms with E-state index in [1.165, 1.54) is 26.1 Å². The first-order chi connectivity index (χ1) is 7.93. The normalized spacial score (nSPS) is 17.8. The standard InChI is InChI=1S/C12H27N3O/c1-2-16-12-4-6-13-5-3-9-15-10-7-14-8-11-15/h13-14H,2-12H2,1H3. The van der Waals surface area contributed by atoms with Crippen LogP contribution in [0.4, 0.5) is 0 Å². The minimum Gasteiger partial charge on any atom is -0.382 e. The van der Waals surface area contributed by atoms with Gasteiger partial charge in [0, 0.05) is 39.4 Å². The average molecular weight is 229 g/mol. The third-order valence-corrected chi connectivity index (χ3v) is 2.88. The average Bonchev–Trinajstić information content (AvgIpc) is 2.34. The summed E-state index contributed by atoms with van der Waals surface area (Å²) in [5.74, 6) is 0. The Kier molecular flexibility index (Phi) is 8.71. The number of hydrogen-bond acceptors (Lipinski definition) is 4. The van der Waals surface area contributed by atoms with Gasteiger partial charge in [-0.05, 0) is 39.4 Å². The Morgan fingerprint density at radius 3 is 2.69 bits per heavy atom. The molecule has 0 atom stereocenters. The van der Waals surface area contributed by atoms with Gasteiger partial charge in [0.2, 0.25) is 0 Å². The SMILES string of the molecule is CCOCCCNCCCN1CCNCC1. The molecule has 0 aromatic carbocycles. The third kappa shape index (κ3) is 7.17. The highest BCUT2D eigenvalue weighted by molar-refractivity contribution is 4.67. The summed E-state index contributed by atoms with van der Waals surface area (Å²) in [6, 6.07) is 0. The summed E-state index contributed by atoms with van der Waals surface area (Å²) in [6.07, 6.45) is 2.39. The van der Waals surface area contributed by atoms with Crippen LogP contribution in [0.15, 0.2) is 0 Å². The highest BCUT2D eigenvalue weighted by Gasteiger charge is 2.07. The van der Waals surface area contributed by atoms with Crippen molar-refractivity contribution in [2.45, 2.75) is 19.8 Å². The number of hydrogen-bond donors (Lipinski definition) is 2. The van der Waals surface area contributed by atoms with Crippen LogP contribution in [-0.2, 0) is 4.74 Å². The van der Waals surface area contributed by atoms with Gasteiger partial charge in [-0.1, -0.05) is 0 Å². The summed E-state index contributed by atoms with van der Waals surface area (Å²) in [5.41, 5.74) is 0. The molecule has 0 amide bonds. The quantitative estimate of drug-likeness (QED) is 0.558. The molecule has 0 unspecified atom stereocenters. The lowest BCUT2D eigenvalue weighted by Crippen LogP contribution is -2.44. The molecule has 0 aromatic heterocycles. The Morgan fingerprint density at radius 2 is 1.94 bits per heavy atom. The van der Waals surface area contributed by atoms with Crippen LogP contribution in [0.25, 0.3) is 0 Å². The van der Waals surface area contributed by atoms with Gasteiger partial charge in [-0.25, -0.2) is 0 Å². The summed E-state index contributed by atoms with van der Waals surface area (Å²) >= 11 is 0. The van der Waals surface area contributed by atoms with Crippen molar-refractivity contribution in [3.8, 4) is 0 Å². The van der Waals surface area contributed by atoms with E-state index in [9.17, 15) is 0 Å². The molecule has 1 rings (SSSR count). The second-order valence-electron chi connectivity index (χ2n) is 4.25. The van der Waals surface area contributed by atoms with Crippen LogP contribution in [0, 0.1) is 0 Å². The molecular formula is C12H27N3O. The Hall–Kier alpha value is -0.160. The fourth-order valence-corrected chi connectivity index (χ4v) is 1.93. The zero-order valence-electron chi connectivity index (χ0n) is 10.6. The van der Waals surface area contributed by atoms with Crippen molar-refractivity contribution in [1.29, 1.82) is 0 Å². The van der Waals surface area contributed by atoms with Crippen molar-refractivity contribution < 1.29 is 4.74 Å². The van der Waals surface area contributed by atoms with Gasteiger partial charge < -0.3 is 20.3 Å². The molecular weight excluding hydrogens is 202 g/mol. The third-order valence-electron chi connectivity index (χ3n) is 2.88. The van der Waals surface area contributed by atoms with Gasteiger partial charge in [0.15, 0.2) is 0 Å². The Morgan fingerprint density at radius 1 is 1.19 bits per heavy atom. The molecule has 2 N–H and O–H groups in total. The summed E-state index contributed by atoms with van der Waals surface area (Å²) in [4.78, 5) is 2.54. The molecule has 0 aromatic rings. The van der Waals surface area contributed by atoms with Gasteiger partial charge in [0.1, 0.15) is 0 Å². The molecule has 1 aliphatic heterocycles. The predicted molar refractivity (Wildman–Crippen MR) is 67.9 cm³/mol. The van der Waals surface area contributed by atoms with Crippen molar-refractivity contribution in [3.63, 3.8) is 0 Å². The molecule has 0 spiro atoms. The van der Waals surface area contributed by atoms with Crippen LogP contribution in [-0.4, -0.2) is 63.9 Å². The smallest absolute Gasteiger partial charge is 0.0477 e. The monoisotopic (exact) mass is 229 g/mol. The van der Waals surface area contributed by atoms with Gasteiger partial charge in [-0.15, -0.1) is 0 Å². The van der Waals surface area contributed by atoms with Crippen LogP contribution in [0.2, 0.25) is 0 Å². The number of nitrogens with zero attached hydrogens (tertiary/aromatic N) is 1. The molecule has 1 aliphatic rings. The summed E-state index contributed by atoms with van der Waals surface area (Å²) in [7, 11) is 0. The molecule has 4 nitrogen and oxygen atoms in total. The van der Waals surface area contributed by atoms with Gasteiger partial charge >= 0.3 is 0 Å². The lowest BCUT2D eigenvalue weighted by atomic mass is 10.3. The van der Waals surface area contributed by atoms with Crippen molar-refractivity contribution >= 4 is 0 Å². The van der Waals surface area contributed by atoms with Crippen LogP contribution >= 0.6 is 0 Å². The van der Waals surface area contributed by atoms with Crippen molar-refractivity contribution in [3.05, 3.63) is 0 Å². The van der Waals surface area contributed by atoms with Crippen molar-refractivity contribution in [2.24, 2.45) is 0 Å². The molecule has 0 aliphatic carbocycles. The lowest BCUT2D eigenvalue weighted by Gasteiger charge is -2.27. The van der Waals surface area contributed by atoms with E-state index in [4.69, 9.17) is 4.74 Å². The van der Waals surface area contributed by atoms with Gasteiger partial charge in [-0.3, -0.25) is 0 Å². The van der Waals surface area contributed by atoms with Crippen molar-refractivity contribution in [2.75, 3.05) is 59.0 Å². The first-order valence-electron chi connectivity index (χ1n) is 6.65. The number of nitrogens with one attached hydrogen (secondary N) is 2. The molecule has 1 saturated heterocycles. The first kappa shape index (κ1) is 13.9. The number of piperazine rings is 1. The van der Waals surface area contributed by atoms with Gasteiger partial charge in [0.25, 0.3) is 0 Å². The Labute approximate surface area is 99.7 Å². The molecule has 0 radical (unpaired) electrons. The van der Waals surface area contributed by atoms with Crippen molar-refractivity contribution in [1.82, 2.24) is 15.5 Å². The molecule has 0 saturated carbocycles. The van der Waals surface area contributed by atoms with E-state index in [1.807, 2.05) is 6.92 Å². The van der Waals surface area contributed by atoms with E-state index in [-0.39, 0.29) is 0 Å². The largest absolute Gasteiger partial charge is 0.382 e. The molecule has 16 heavy (non-hydrogen) atoms. The zero-order chi connectivity index (χ0) is 11.5. The first-order valence-corrected chi connectivity index (χ1v) is 6.65. The molecule has 1 heterocycles. The lowest BCUT2D eigenvalue weighted by molar-refractivity contribution is 0.144. The molecule has 96 valence electrons. The second-order valence-corrected chi connectivity index (χ2v) is 4.25. The summed E-state index contributed by atoms with van der Waals surface area (Å²) < 4.78 is 5.28. The fraction of sp³-hybridized carbons (Fsp3) is 1.00. The molecule has 4 heteroatoms. The minimum absolute atomic E-state index is 0.836. The second kappa shape index (κ2) is 10.0. The van der Waals surface area contributed by atoms with Gasteiger partial charge in [0.05, 0.1) is 0 Å². The maximum absolute atomic E-state index is 5.28. The maximum atomic E-state index is 5.28. The minimum atomic E-state index is 0.836. The highest BCUT2D eigenvalue weighted by Crippen LogP contribution is 1.93. The van der Waals surface area contributed by atoms with E-state index < -0.39 is 0 Å². The van der Waals surface area contributed by atoms with Crippen LogP contribution in [0.1, 0.15) is 19.8 Å². The van der Waals surface area contributed by atoms with E-state index >= 15 is 0 Å². The van der Waals surface area contributed by atoms with Crippen LogP contribution in [0.5, 0.6) is 0 Å². The molecule has 1 fully saturated rings. The fourth-order valence-electron chi connectivity index (χ4n) is 1.93. The summed E-state index contributed by atoms with van der Waals surface area (Å²) in [5, 5.41) is 6.84. The zero-order valence-corrected chi connectivity index (χ0v) is 10.6. The number of rotatable bonds is 9. The van der Waals surface area contributed by atoms with E-state index in [2.05, 4.69) is 15.5 Å². The topological polar surface area (TPSA) is 36.5 Å². The Balaban J connectivity index is 1.77. The predicted octanol–water partition coefficient (Wildman–Crippen LogP) is 0.298. The van der Waals surface area contributed by atoms with Gasteiger partial charge in [-0.2, -0.15) is 0 Å². The van der Waals surface area contributed by atoms with E-state index in [0.29, 0.717) is 0 Å². The van der Waals surface area contributed by atoms with Crippen LogP contribution < -0.4 is 10.6 Å². The maximum Gasteiger partial charge on any atom is 0.0477 e. The summed E-state index contributed by atoms with van der Waals surface area (Å²) in [6.45, 7) is 12.0. The Bertz CT molecular complexity index is 149. The van der Waals surface area contributed by atoms with Crippen LogP contribution in [0.3, 0.4) is 0 Å².